The van der Waals surface area contributed by atoms with Gasteiger partial charge in [0.05, 0.1) is 30.0 Å². The van der Waals surface area contributed by atoms with Gasteiger partial charge >= 0.3 is 0 Å². The van der Waals surface area contributed by atoms with Crippen LogP contribution >= 0.6 is 11.6 Å². The van der Waals surface area contributed by atoms with E-state index in [1.165, 1.54) is 6.39 Å². The molecule has 2 N–H and O–H groups in total. The van der Waals surface area contributed by atoms with Crippen LogP contribution in [0.3, 0.4) is 0 Å². The monoisotopic (exact) mass is 525 g/mol. The first-order valence-electron chi connectivity index (χ1n) is 12.6. The quantitative estimate of drug-likeness (QED) is 0.418. The normalized spacial score (nSPS) is 16.6. The zero-order valence-electron chi connectivity index (χ0n) is 20.9. The van der Waals surface area contributed by atoms with Crippen LogP contribution in [-0.4, -0.2) is 59.8 Å². The van der Waals surface area contributed by atoms with E-state index in [9.17, 15) is 9.90 Å². The molecule has 9 heteroatoms. The second-order valence-corrected chi connectivity index (χ2v) is 10.2. The van der Waals surface area contributed by atoms with Gasteiger partial charge in [-0.15, -0.1) is 0 Å². The molecular weight excluding hydrogens is 494 g/mol. The van der Waals surface area contributed by atoms with Gasteiger partial charge in [-0.3, -0.25) is 9.69 Å². The van der Waals surface area contributed by atoms with Gasteiger partial charge in [-0.25, -0.2) is 4.98 Å². The van der Waals surface area contributed by atoms with Gasteiger partial charge in [0, 0.05) is 37.7 Å². The Hall–Kier alpha value is -2.91. The van der Waals surface area contributed by atoms with Gasteiger partial charge in [-0.05, 0) is 54.7 Å². The summed E-state index contributed by atoms with van der Waals surface area (Å²) in [4.78, 5) is 18.9. The fraction of sp³-hybridized carbons (Fsp3) is 0.429. The number of aryl methyl sites for hydroxylation is 1. The summed E-state index contributed by atoms with van der Waals surface area (Å²) < 4.78 is 16.5. The molecule has 0 unspecified atom stereocenters. The van der Waals surface area contributed by atoms with Gasteiger partial charge in [0.2, 0.25) is 0 Å². The van der Waals surface area contributed by atoms with E-state index in [0.29, 0.717) is 41.1 Å². The largest absolute Gasteiger partial charge is 0.484 e. The van der Waals surface area contributed by atoms with Crippen molar-refractivity contribution in [3.05, 3.63) is 81.5 Å². The molecule has 1 saturated heterocycles. The maximum absolute atomic E-state index is 12.6. The number of β-amino-alcohol motifs (C(OH)–C–C–N with tert-alkyl or cyclic N) is 1. The lowest BCUT2D eigenvalue weighted by atomic mass is 9.96. The van der Waals surface area contributed by atoms with Crippen molar-refractivity contribution in [1.29, 1.82) is 0 Å². The van der Waals surface area contributed by atoms with Crippen molar-refractivity contribution in [3.63, 3.8) is 0 Å². The molecule has 1 fully saturated rings. The molecule has 0 aliphatic carbocycles. The van der Waals surface area contributed by atoms with Crippen LogP contribution in [0.2, 0.25) is 5.02 Å². The van der Waals surface area contributed by atoms with Crippen LogP contribution in [0.25, 0.3) is 0 Å². The Morgan fingerprint density at radius 2 is 2.19 bits per heavy atom. The molecule has 0 radical (unpaired) electrons. The minimum atomic E-state index is -0.677. The van der Waals surface area contributed by atoms with Crippen molar-refractivity contribution in [3.8, 4) is 5.75 Å². The summed E-state index contributed by atoms with van der Waals surface area (Å²) in [6.45, 7) is 5.80. The summed E-state index contributed by atoms with van der Waals surface area (Å²) in [5, 5.41) is 14.1. The number of halogens is 1. The van der Waals surface area contributed by atoms with E-state index in [0.717, 1.165) is 55.0 Å². The smallest absolute Gasteiger partial charge is 0.251 e. The van der Waals surface area contributed by atoms with Crippen LogP contribution in [0, 0.1) is 12.8 Å². The minimum Gasteiger partial charge on any atom is -0.484 e. The molecule has 0 saturated carbocycles. The standard InChI is InChI=1S/C28H32ClN3O5/c1-18-26(37-17-31-18)16-36-25-6-5-22-12-32(8-7-24(22)27(25)29)13-23(33)11-30-28(34)21-4-2-3-19(10-21)9-20-14-35-15-20/h2-6,10,17,20,23,33H,7-9,11-16H2,1H3,(H,30,34)/t23-/m0/s1. The fourth-order valence-electron chi connectivity index (χ4n) is 4.77. The molecule has 1 amide bonds. The Balaban J connectivity index is 1.10. The number of aliphatic hydroxyl groups excluding tert-OH is 1. The van der Waals surface area contributed by atoms with E-state index in [4.69, 9.17) is 25.5 Å². The molecule has 0 bridgehead atoms. The average molecular weight is 526 g/mol. The molecular formula is C28H32ClN3O5. The summed E-state index contributed by atoms with van der Waals surface area (Å²) in [5.41, 5.74) is 4.73. The highest BCUT2D eigenvalue weighted by Gasteiger charge is 2.23. The Morgan fingerprint density at radius 3 is 2.95 bits per heavy atom. The second-order valence-electron chi connectivity index (χ2n) is 9.82. The lowest BCUT2D eigenvalue weighted by molar-refractivity contribution is -0.0312. The fourth-order valence-corrected chi connectivity index (χ4v) is 5.11. The summed E-state index contributed by atoms with van der Waals surface area (Å²) in [7, 11) is 0. The van der Waals surface area contributed by atoms with Crippen molar-refractivity contribution in [2.24, 2.45) is 5.92 Å². The number of carbonyl (C=O) groups is 1. The highest BCUT2D eigenvalue weighted by atomic mass is 35.5. The van der Waals surface area contributed by atoms with E-state index < -0.39 is 6.10 Å². The number of oxazole rings is 1. The summed E-state index contributed by atoms with van der Waals surface area (Å²) in [6, 6.07) is 11.6. The molecule has 1 aromatic heterocycles. The van der Waals surface area contributed by atoms with E-state index in [1.807, 2.05) is 37.3 Å². The lowest BCUT2D eigenvalue weighted by Gasteiger charge is -2.31. The molecule has 37 heavy (non-hydrogen) atoms. The molecule has 8 nitrogen and oxygen atoms in total. The first-order valence-corrected chi connectivity index (χ1v) is 13.0. The number of benzene rings is 2. The first-order chi connectivity index (χ1) is 18.0. The second kappa shape index (κ2) is 11.6. The molecule has 5 rings (SSSR count). The number of carbonyl (C=O) groups excluding carboxylic acids is 1. The van der Waals surface area contributed by atoms with Crippen LogP contribution in [-0.2, 0) is 30.7 Å². The van der Waals surface area contributed by atoms with E-state index >= 15 is 0 Å². The van der Waals surface area contributed by atoms with Gasteiger partial charge in [-0.2, -0.15) is 0 Å². The molecule has 2 aliphatic rings. The van der Waals surface area contributed by atoms with Gasteiger partial charge in [0.25, 0.3) is 5.91 Å². The number of fused-ring (bicyclic) bond motifs is 1. The highest BCUT2D eigenvalue weighted by Crippen LogP contribution is 2.34. The van der Waals surface area contributed by atoms with E-state index in [2.05, 4.69) is 15.2 Å². The molecule has 3 aromatic rings. The Kier molecular flexibility index (Phi) is 8.10. The Labute approximate surface area is 221 Å². The predicted octanol–water partition coefficient (Wildman–Crippen LogP) is 3.55. The maximum Gasteiger partial charge on any atom is 0.251 e. The third-order valence-corrected chi connectivity index (χ3v) is 7.38. The minimum absolute atomic E-state index is 0.172. The molecule has 196 valence electrons. The first kappa shape index (κ1) is 25.7. The number of rotatable bonds is 10. The van der Waals surface area contributed by atoms with Crippen LogP contribution in [0.15, 0.2) is 47.2 Å². The zero-order valence-corrected chi connectivity index (χ0v) is 21.7. The number of hydrogen-bond donors (Lipinski definition) is 2. The van der Waals surface area contributed by atoms with Crippen LogP contribution in [0.1, 0.15) is 38.5 Å². The number of aliphatic hydroxyl groups is 1. The topological polar surface area (TPSA) is 97.1 Å². The average Bonchev–Trinajstić information content (AvgIpc) is 3.29. The van der Waals surface area contributed by atoms with Crippen LogP contribution in [0.5, 0.6) is 5.75 Å². The number of hydrogen-bond acceptors (Lipinski definition) is 7. The molecule has 0 spiro atoms. The van der Waals surface area contributed by atoms with E-state index in [-0.39, 0.29) is 19.1 Å². The van der Waals surface area contributed by atoms with Gasteiger partial charge in [0.1, 0.15) is 12.4 Å². The number of aromatic nitrogens is 1. The van der Waals surface area contributed by atoms with E-state index in [1.54, 1.807) is 6.07 Å². The number of nitrogens with zero attached hydrogens (tertiary/aromatic N) is 2. The molecule has 2 aliphatic heterocycles. The Morgan fingerprint density at radius 1 is 1.32 bits per heavy atom. The van der Waals surface area contributed by atoms with Crippen LogP contribution in [0.4, 0.5) is 0 Å². The maximum atomic E-state index is 12.6. The molecule has 3 heterocycles. The predicted molar refractivity (Wildman–Crippen MR) is 139 cm³/mol. The number of nitrogens with one attached hydrogen (secondary N) is 1. The van der Waals surface area contributed by atoms with Crippen LogP contribution < -0.4 is 10.1 Å². The number of amides is 1. The van der Waals surface area contributed by atoms with Crippen molar-refractivity contribution in [2.45, 2.75) is 39.0 Å². The zero-order chi connectivity index (χ0) is 25.8. The van der Waals surface area contributed by atoms with Gasteiger partial charge in [-0.1, -0.05) is 29.8 Å². The van der Waals surface area contributed by atoms with Gasteiger partial charge in [0.15, 0.2) is 12.2 Å². The molecule has 1 atom stereocenters. The number of ether oxygens (including phenoxy) is 2. The van der Waals surface area contributed by atoms with Crippen molar-refractivity contribution < 1.29 is 23.8 Å². The Bertz CT molecular complexity index is 1240. The highest BCUT2D eigenvalue weighted by molar-refractivity contribution is 6.33. The van der Waals surface area contributed by atoms with Gasteiger partial charge < -0.3 is 24.3 Å². The summed E-state index contributed by atoms with van der Waals surface area (Å²) in [5.74, 6) is 1.66. The lowest BCUT2D eigenvalue weighted by Crippen LogP contribution is -2.42. The summed E-state index contributed by atoms with van der Waals surface area (Å²) >= 11 is 6.66. The summed E-state index contributed by atoms with van der Waals surface area (Å²) in [6.07, 6.45) is 2.40. The SMILES string of the molecule is Cc1ncoc1COc1ccc2c(c1Cl)CCN(C[C@@H](O)CNC(=O)c1cccc(CC3COC3)c1)C2. The van der Waals surface area contributed by atoms with Crippen molar-refractivity contribution >= 4 is 17.5 Å². The van der Waals surface area contributed by atoms with Crippen molar-refractivity contribution in [1.82, 2.24) is 15.2 Å². The molecule has 2 aromatic carbocycles. The van der Waals surface area contributed by atoms with Crippen molar-refractivity contribution in [2.75, 3.05) is 32.8 Å². The third kappa shape index (κ3) is 6.33. The third-order valence-electron chi connectivity index (χ3n) is 6.97.